The molecule has 0 spiro atoms. The van der Waals surface area contributed by atoms with Gasteiger partial charge in [-0.2, -0.15) is 4.31 Å². The summed E-state index contributed by atoms with van der Waals surface area (Å²) in [6, 6.07) is 9.67. The van der Waals surface area contributed by atoms with E-state index in [1.54, 1.807) is 24.3 Å². The van der Waals surface area contributed by atoms with Crippen LogP contribution in [0.4, 0.5) is 0 Å². The Hall–Kier alpha value is -1.60. The van der Waals surface area contributed by atoms with Crippen molar-refractivity contribution in [1.82, 2.24) is 4.31 Å². The van der Waals surface area contributed by atoms with Gasteiger partial charge in [-0.25, -0.2) is 8.42 Å². The zero-order valence-corrected chi connectivity index (χ0v) is 15.9. The van der Waals surface area contributed by atoms with Gasteiger partial charge in [-0.3, -0.25) is 4.79 Å². The molecule has 0 fully saturated rings. The number of hydrogen-bond donors (Lipinski definition) is 1. The van der Waals surface area contributed by atoms with Crippen LogP contribution >= 0.6 is 23.2 Å². The standard InChI is InChI=1S/C17H17Cl2NO4S/c1-11-3-6-13(7-4-11)25(23,24)20(2)16(17(21)22)10-12-5-8-14(18)15(19)9-12/h3-9,16H,10H2,1-2H3,(H,21,22)/t16-/m1/s1. The number of hydrogen-bond acceptors (Lipinski definition) is 3. The number of likely N-dealkylation sites (N-methyl/N-ethyl adjacent to an activating group) is 1. The zero-order valence-electron chi connectivity index (χ0n) is 13.6. The van der Waals surface area contributed by atoms with E-state index >= 15 is 0 Å². The Kier molecular flexibility index (Phi) is 6.11. The number of aryl methyl sites for hydroxylation is 1. The summed E-state index contributed by atoms with van der Waals surface area (Å²) in [6.45, 7) is 1.84. The van der Waals surface area contributed by atoms with Crippen molar-refractivity contribution in [3.63, 3.8) is 0 Å². The summed E-state index contributed by atoms with van der Waals surface area (Å²) in [7, 11) is -2.69. The molecule has 0 unspecified atom stereocenters. The molecule has 134 valence electrons. The first-order valence-electron chi connectivity index (χ1n) is 7.34. The van der Waals surface area contributed by atoms with Crippen molar-refractivity contribution in [2.45, 2.75) is 24.3 Å². The first-order valence-corrected chi connectivity index (χ1v) is 9.54. The first-order chi connectivity index (χ1) is 11.6. The van der Waals surface area contributed by atoms with Crippen molar-refractivity contribution >= 4 is 39.2 Å². The molecule has 2 aromatic carbocycles. The van der Waals surface area contributed by atoms with Gasteiger partial charge in [0.15, 0.2) is 0 Å². The fourth-order valence-electron chi connectivity index (χ4n) is 2.31. The second kappa shape index (κ2) is 7.74. The third-order valence-corrected chi connectivity index (χ3v) is 6.45. The van der Waals surface area contributed by atoms with Crippen molar-refractivity contribution in [1.29, 1.82) is 0 Å². The lowest BCUT2D eigenvalue weighted by atomic mass is 10.1. The van der Waals surface area contributed by atoms with Crippen LogP contribution in [0.2, 0.25) is 10.0 Å². The molecule has 0 amide bonds. The number of rotatable bonds is 6. The Morgan fingerprint density at radius 3 is 2.24 bits per heavy atom. The van der Waals surface area contributed by atoms with Crippen LogP contribution in [-0.2, 0) is 21.2 Å². The van der Waals surface area contributed by atoms with Crippen molar-refractivity contribution in [2.24, 2.45) is 0 Å². The normalized spacial score (nSPS) is 13.0. The van der Waals surface area contributed by atoms with Crippen LogP contribution in [0.25, 0.3) is 0 Å². The summed E-state index contributed by atoms with van der Waals surface area (Å²) < 4.78 is 26.3. The van der Waals surface area contributed by atoms with Crippen molar-refractivity contribution in [2.75, 3.05) is 7.05 Å². The third kappa shape index (κ3) is 4.52. The number of carbonyl (C=O) groups is 1. The summed E-state index contributed by atoms with van der Waals surface area (Å²) in [6.07, 6.45) is -0.0339. The first kappa shape index (κ1) is 19.7. The third-order valence-electron chi connectivity index (χ3n) is 3.84. The highest BCUT2D eigenvalue weighted by Crippen LogP contribution is 2.25. The summed E-state index contributed by atoms with van der Waals surface area (Å²) in [5.41, 5.74) is 1.49. The smallest absolute Gasteiger partial charge is 0.322 e. The summed E-state index contributed by atoms with van der Waals surface area (Å²) in [4.78, 5) is 11.7. The van der Waals surface area contributed by atoms with Gasteiger partial charge < -0.3 is 5.11 Å². The van der Waals surface area contributed by atoms with Crippen LogP contribution in [-0.4, -0.2) is 36.9 Å². The second-order valence-electron chi connectivity index (χ2n) is 5.64. The van der Waals surface area contributed by atoms with Crippen LogP contribution < -0.4 is 0 Å². The van der Waals surface area contributed by atoms with Crippen molar-refractivity contribution in [3.8, 4) is 0 Å². The molecule has 0 radical (unpaired) electrons. The molecule has 2 rings (SSSR count). The lowest BCUT2D eigenvalue weighted by Crippen LogP contribution is -2.43. The molecule has 0 aliphatic carbocycles. The minimum Gasteiger partial charge on any atom is -0.480 e. The Morgan fingerprint density at radius 1 is 1.12 bits per heavy atom. The number of benzene rings is 2. The van der Waals surface area contributed by atoms with Gasteiger partial charge >= 0.3 is 5.97 Å². The molecule has 1 atom stereocenters. The summed E-state index contributed by atoms with van der Waals surface area (Å²) in [5.74, 6) is -1.25. The Bertz CT molecular complexity index is 882. The average Bonchev–Trinajstić information content (AvgIpc) is 2.55. The molecular formula is C17H17Cl2NO4S. The van der Waals surface area contributed by atoms with Gasteiger partial charge in [0.2, 0.25) is 10.0 Å². The summed E-state index contributed by atoms with van der Waals surface area (Å²) >= 11 is 11.8. The van der Waals surface area contributed by atoms with Crippen molar-refractivity contribution < 1.29 is 18.3 Å². The molecule has 1 N–H and O–H groups in total. The van der Waals surface area contributed by atoms with E-state index < -0.39 is 22.0 Å². The Balaban J connectivity index is 2.33. The number of sulfonamides is 1. The van der Waals surface area contributed by atoms with Gasteiger partial charge in [0.05, 0.1) is 14.9 Å². The van der Waals surface area contributed by atoms with Gasteiger partial charge in [0.1, 0.15) is 6.04 Å². The van der Waals surface area contributed by atoms with Crippen LogP contribution in [0.15, 0.2) is 47.4 Å². The maximum atomic E-state index is 12.7. The number of carboxylic acids is 1. The molecule has 0 saturated carbocycles. The van der Waals surface area contributed by atoms with Gasteiger partial charge in [0.25, 0.3) is 0 Å². The zero-order chi connectivity index (χ0) is 18.8. The van der Waals surface area contributed by atoms with E-state index in [0.717, 1.165) is 9.87 Å². The lowest BCUT2D eigenvalue weighted by Gasteiger charge is -2.24. The molecule has 5 nitrogen and oxygen atoms in total. The Morgan fingerprint density at radius 2 is 1.72 bits per heavy atom. The number of carboxylic acid groups (broad SMARTS) is 1. The van der Waals surface area contributed by atoms with E-state index in [1.807, 2.05) is 6.92 Å². The minimum atomic E-state index is -3.94. The molecule has 25 heavy (non-hydrogen) atoms. The van der Waals surface area contributed by atoms with Gasteiger partial charge in [0, 0.05) is 7.05 Å². The number of aliphatic carboxylic acids is 1. The fourth-order valence-corrected chi connectivity index (χ4v) is 3.94. The van der Waals surface area contributed by atoms with Crippen molar-refractivity contribution in [3.05, 3.63) is 63.6 Å². The van der Waals surface area contributed by atoms with E-state index in [9.17, 15) is 18.3 Å². The maximum Gasteiger partial charge on any atom is 0.322 e. The van der Waals surface area contributed by atoms with Crippen LogP contribution in [0.1, 0.15) is 11.1 Å². The molecule has 0 aliphatic rings. The van der Waals surface area contributed by atoms with Gasteiger partial charge in [-0.1, -0.05) is 47.0 Å². The lowest BCUT2D eigenvalue weighted by molar-refractivity contribution is -0.141. The average molecular weight is 402 g/mol. The van der Waals surface area contributed by atoms with E-state index in [-0.39, 0.29) is 16.3 Å². The van der Waals surface area contributed by atoms with Gasteiger partial charge in [-0.15, -0.1) is 0 Å². The maximum absolute atomic E-state index is 12.7. The monoisotopic (exact) mass is 401 g/mol. The quantitative estimate of drug-likeness (QED) is 0.801. The molecule has 0 aliphatic heterocycles. The predicted molar refractivity (Wildman–Crippen MR) is 97.7 cm³/mol. The van der Waals surface area contributed by atoms with Crippen LogP contribution in [0.3, 0.4) is 0 Å². The molecule has 0 aromatic heterocycles. The Labute approximate surface area is 156 Å². The number of halogens is 2. The highest BCUT2D eigenvalue weighted by Gasteiger charge is 2.33. The predicted octanol–water partition coefficient (Wildman–Crippen LogP) is 3.62. The van der Waals surface area contributed by atoms with Gasteiger partial charge in [-0.05, 0) is 43.2 Å². The largest absolute Gasteiger partial charge is 0.480 e. The molecule has 0 saturated heterocycles. The minimum absolute atomic E-state index is 0.0339. The highest BCUT2D eigenvalue weighted by molar-refractivity contribution is 7.89. The van der Waals surface area contributed by atoms with E-state index in [2.05, 4.69) is 0 Å². The molecule has 0 bridgehead atoms. The molecule has 0 heterocycles. The fraction of sp³-hybridized carbons (Fsp3) is 0.235. The van der Waals surface area contributed by atoms with Crippen LogP contribution in [0.5, 0.6) is 0 Å². The molecular weight excluding hydrogens is 385 g/mol. The van der Waals surface area contributed by atoms with E-state index in [0.29, 0.717) is 10.6 Å². The van der Waals surface area contributed by atoms with Crippen LogP contribution in [0, 0.1) is 6.92 Å². The SMILES string of the molecule is Cc1ccc(S(=O)(=O)N(C)[C@H](Cc2ccc(Cl)c(Cl)c2)C(=O)O)cc1. The molecule has 2 aromatic rings. The summed E-state index contributed by atoms with van der Waals surface area (Å²) in [5, 5.41) is 10.1. The van der Waals surface area contributed by atoms with E-state index in [4.69, 9.17) is 23.2 Å². The van der Waals surface area contributed by atoms with E-state index in [1.165, 1.54) is 25.2 Å². The second-order valence-corrected chi connectivity index (χ2v) is 8.45. The highest BCUT2D eigenvalue weighted by atomic mass is 35.5. The topological polar surface area (TPSA) is 74.7 Å². The molecule has 8 heteroatoms. The number of nitrogens with zero attached hydrogens (tertiary/aromatic N) is 1.